The van der Waals surface area contributed by atoms with Gasteiger partial charge in [0.15, 0.2) is 0 Å². The maximum absolute atomic E-state index is 14.5. The molecular weight excluding hydrogens is 393 g/mol. The lowest BCUT2D eigenvalue weighted by atomic mass is 10.1. The van der Waals surface area contributed by atoms with E-state index in [1.807, 2.05) is 4.90 Å². The van der Waals surface area contributed by atoms with Crippen LogP contribution in [0.2, 0.25) is 0 Å². The van der Waals surface area contributed by atoms with Crippen LogP contribution in [0.15, 0.2) is 40.4 Å². The number of anilines is 1. The number of urea groups is 1. The lowest BCUT2D eigenvalue weighted by molar-refractivity contribution is -0.123. The molecule has 2 aliphatic heterocycles. The number of imide groups is 1. The Morgan fingerprint density at radius 3 is 2.70 bits per heavy atom. The third kappa shape index (κ3) is 3.78. The van der Waals surface area contributed by atoms with Crippen molar-refractivity contribution in [1.82, 2.24) is 10.2 Å². The number of halogens is 1. The zero-order chi connectivity index (χ0) is 21.3. The Bertz CT molecular complexity index is 1040. The highest BCUT2D eigenvalue weighted by Crippen LogP contribution is 2.26. The molecule has 2 aliphatic rings. The minimum Gasteiger partial charge on any atom is -0.463 e. The molecule has 0 saturated carbocycles. The quantitative estimate of drug-likeness (QED) is 0.460. The first-order valence-electron chi connectivity index (χ1n) is 9.52. The maximum atomic E-state index is 14.5. The summed E-state index contributed by atoms with van der Waals surface area (Å²) in [5.41, 5.74) is 1.04. The molecular formula is C21H20FN3O5. The monoisotopic (exact) mass is 413 g/mol. The van der Waals surface area contributed by atoms with Crippen LogP contribution in [0, 0.1) is 5.82 Å². The highest BCUT2D eigenvalue weighted by molar-refractivity contribution is 6.13. The van der Waals surface area contributed by atoms with E-state index in [9.17, 15) is 18.8 Å². The SMILES string of the molecule is COC(=O)c1ccc(CN2C(=O)NC(=Cc3ccc(N4CCCC4)c(F)c3)C2=O)o1. The van der Waals surface area contributed by atoms with Crippen LogP contribution in [0.3, 0.4) is 0 Å². The first-order valence-corrected chi connectivity index (χ1v) is 9.52. The second kappa shape index (κ2) is 8.02. The van der Waals surface area contributed by atoms with E-state index in [0.29, 0.717) is 11.3 Å². The first kappa shape index (κ1) is 19.7. The van der Waals surface area contributed by atoms with Gasteiger partial charge in [0.05, 0.1) is 19.3 Å². The summed E-state index contributed by atoms with van der Waals surface area (Å²) in [7, 11) is 1.22. The summed E-state index contributed by atoms with van der Waals surface area (Å²) >= 11 is 0. The predicted octanol–water partition coefficient (Wildman–Crippen LogP) is 2.90. The zero-order valence-electron chi connectivity index (χ0n) is 16.3. The van der Waals surface area contributed by atoms with Gasteiger partial charge in [0, 0.05) is 13.1 Å². The molecule has 0 spiro atoms. The molecule has 30 heavy (non-hydrogen) atoms. The Kier molecular flexibility index (Phi) is 5.26. The molecule has 0 atom stereocenters. The average Bonchev–Trinajstić information content (AvgIpc) is 3.47. The Balaban J connectivity index is 1.49. The number of amides is 3. The molecule has 2 fully saturated rings. The third-order valence-electron chi connectivity index (χ3n) is 5.05. The maximum Gasteiger partial charge on any atom is 0.373 e. The van der Waals surface area contributed by atoms with Gasteiger partial charge in [-0.2, -0.15) is 0 Å². The van der Waals surface area contributed by atoms with E-state index in [1.165, 1.54) is 31.4 Å². The number of hydrogen-bond donors (Lipinski definition) is 1. The molecule has 1 aromatic heterocycles. The van der Waals surface area contributed by atoms with Crippen LogP contribution in [0.5, 0.6) is 0 Å². The molecule has 9 heteroatoms. The molecule has 1 aromatic carbocycles. The van der Waals surface area contributed by atoms with E-state index in [4.69, 9.17) is 4.42 Å². The van der Waals surface area contributed by atoms with Crippen molar-refractivity contribution in [3.8, 4) is 0 Å². The van der Waals surface area contributed by atoms with Gasteiger partial charge in [-0.25, -0.2) is 14.0 Å². The Hall–Kier alpha value is -3.62. The summed E-state index contributed by atoms with van der Waals surface area (Å²) in [6, 6.07) is 7.00. The molecule has 0 bridgehead atoms. The average molecular weight is 413 g/mol. The van der Waals surface area contributed by atoms with Crippen LogP contribution >= 0.6 is 0 Å². The molecule has 2 saturated heterocycles. The number of methoxy groups -OCH3 is 1. The van der Waals surface area contributed by atoms with E-state index < -0.39 is 17.9 Å². The second-order valence-corrected chi connectivity index (χ2v) is 7.04. The number of carbonyl (C=O) groups is 3. The molecule has 1 N–H and O–H groups in total. The number of carbonyl (C=O) groups excluding carboxylic acids is 3. The third-order valence-corrected chi connectivity index (χ3v) is 5.05. The molecule has 8 nitrogen and oxygen atoms in total. The minimum atomic E-state index is -0.654. The number of benzene rings is 1. The number of esters is 1. The van der Waals surface area contributed by atoms with E-state index in [2.05, 4.69) is 10.1 Å². The van der Waals surface area contributed by atoms with Crippen molar-refractivity contribution in [2.75, 3.05) is 25.1 Å². The van der Waals surface area contributed by atoms with Crippen LogP contribution in [0.4, 0.5) is 14.9 Å². The summed E-state index contributed by atoms with van der Waals surface area (Å²) < 4.78 is 24.4. The highest BCUT2D eigenvalue weighted by Gasteiger charge is 2.34. The largest absolute Gasteiger partial charge is 0.463 e. The smallest absolute Gasteiger partial charge is 0.373 e. The molecule has 0 radical (unpaired) electrons. The number of nitrogens with one attached hydrogen (secondary N) is 1. The number of hydrogen-bond acceptors (Lipinski definition) is 6. The topological polar surface area (TPSA) is 92.1 Å². The predicted molar refractivity (Wildman–Crippen MR) is 105 cm³/mol. The van der Waals surface area contributed by atoms with Gasteiger partial charge in [-0.1, -0.05) is 6.07 Å². The fraction of sp³-hybridized carbons (Fsp3) is 0.286. The van der Waals surface area contributed by atoms with Gasteiger partial charge in [0.25, 0.3) is 5.91 Å². The zero-order valence-corrected chi connectivity index (χ0v) is 16.3. The summed E-state index contributed by atoms with van der Waals surface area (Å²) in [5.74, 6) is -1.37. The van der Waals surface area contributed by atoms with Crippen molar-refractivity contribution in [3.05, 3.63) is 58.9 Å². The molecule has 0 unspecified atom stereocenters. The Labute approximate surface area is 171 Å². The van der Waals surface area contributed by atoms with Crippen LogP contribution in [-0.2, 0) is 16.1 Å². The molecule has 3 amide bonds. The van der Waals surface area contributed by atoms with Gasteiger partial charge < -0.3 is 19.4 Å². The van der Waals surface area contributed by atoms with Gasteiger partial charge in [0.2, 0.25) is 5.76 Å². The van der Waals surface area contributed by atoms with Crippen molar-refractivity contribution >= 4 is 29.7 Å². The number of ether oxygens (including phenoxy) is 1. The Morgan fingerprint density at radius 1 is 1.23 bits per heavy atom. The van der Waals surface area contributed by atoms with Crippen molar-refractivity contribution < 1.29 is 27.9 Å². The molecule has 3 heterocycles. The summed E-state index contributed by atoms with van der Waals surface area (Å²) in [4.78, 5) is 39.2. The lowest BCUT2D eigenvalue weighted by Crippen LogP contribution is -2.30. The number of furan rings is 1. The van der Waals surface area contributed by atoms with Crippen molar-refractivity contribution in [1.29, 1.82) is 0 Å². The van der Waals surface area contributed by atoms with Gasteiger partial charge >= 0.3 is 12.0 Å². The second-order valence-electron chi connectivity index (χ2n) is 7.04. The first-order chi connectivity index (χ1) is 14.5. The summed E-state index contributed by atoms with van der Waals surface area (Å²) in [6.45, 7) is 1.50. The van der Waals surface area contributed by atoms with Crippen LogP contribution in [0.25, 0.3) is 6.08 Å². The lowest BCUT2D eigenvalue weighted by Gasteiger charge is -2.18. The Morgan fingerprint density at radius 2 is 2.00 bits per heavy atom. The van der Waals surface area contributed by atoms with E-state index >= 15 is 0 Å². The summed E-state index contributed by atoms with van der Waals surface area (Å²) in [6.07, 6.45) is 3.51. The van der Waals surface area contributed by atoms with Crippen LogP contribution in [-0.4, -0.2) is 43.0 Å². The van der Waals surface area contributed by atoms with Crippen molar-refractivity contribution in [2.24, 2.45) is 0 Å². The van der Waals surface area contributed by atoms with E-state index in [1.54, 1.807) is 12.1 Å². The summed E-state index contributed by atoms with van der Waals surface area (Å²) in [5, 5.41) is 2.48. The van der Waals surface area contributed by atoms with Crippen LogP contribution < -0.4 is 10.2 Å². The highest BCUT2D eigenvalue weighted by atomic mass is 19.1. The minimum absolute atomic E-state index is 0.0242. The molecule has 156 valence electrons. The standard InChI is InChI=1S/C21H20FN3O5/c1-29-20(27)18-7-5-14(30-18)12-25-19(26)16(23-21(25)28)11-13-4-6-17(15(22)10-13)24-8-2-3-9-24/h4-7,10-11H,2-3,8-9,12H2,1H3,(H,23,28). The van der Waals surface area contributed by atoms with Crippen LogP contribution in [0.1, 0.15) is 34.7 Å². The van der Waals surface area contributed by atoms with E-state index in [-0.39, 0.29) is 29.6 Å². The molecule has 4 rings (SSSR count). The van der Waals surface area contributed by atoms with Crippen molar-refractivity contribution in [3.63, 3.8) is 0 Å². The van der Waals surface area contributed by atoms with E-state index in [0.717, 1.165) is 30.8 Å². The number of nitrogens with zero attached hydrogens (tertiary/aromatic N) is 2. The van der Waals surface area contributed by atoms with Crippen molar-refractivity contribution in [2.45, 2.75) is 19.4 Å². The number of rotatable bonds is 5. The normalized spacial score (nSPS) is 17.7. The van der Waals surface area contributed by atoms with Gasteiger partial charge in [-0.3, -0.25) is 9.69 Å². The van der Waals surface area contributed by atoms with Gasteiger partial charge in [-0.15, -0.1) is 0 Å². The van der Waals surface area contributed by atoms with Gasteiger partial charge in [-0.05, 0) is 48.7 Å². The van der Waals surface area contributed by atoms with Gasteiger partial charge in [0.1, 0.15) is 17.3 Å². The fourth-order valence-corrected chi connectivity index (χ4v) is 3.54. The molecule has 2 aromatic rings. The molecule has 0 aliphatic carbocycles. The fourth-order valence-electron chi connectivity index (χ4n) is 3.54.